The van der Waals surface area contributed by atoms with Crippen molar-refractivity contribution in [3.63, 3.8) is 0 Å². The second-order valence-corrected chi connectivity index (χ2v) is 5.83. The predicted octanol–water partition coefficient (Wildman–Crippen LogP) is 2.38. The van der Waals surface area contributed by atoms with Crippen molar-refractivity contribution in [2.75, 3.05) is 5.32 Å². The molecule has 1 aliphatic heterocycles. The zero-order chi connectivity index (χ0) is 13.4. The number of nitrogens with one attached hydrogen (secondary N) is 1. The van der Waals surface area contributed by atoms with Crippen LogP contribution in [0.25, 0.3) is 0 Å². The summed E-state index contributed by atoms with van der Waals surface area (Å²) in [5, 5.41) is 13.1. The molecule has 1 atom stereocenters. The molecule has 0 bridgehead atoms. The Bertz CT molecular complexity index is 651. The van der Waals surface area contributed by atoms with Crippen molar-refractivity contribution >= 4 is 39.3 Å². The smallest absolute Gasteiger partial charge is 0.257 e. The summed E-state index contributed by atoms with van der Waals surface area (Å²) in [5.74, 6) is -0.397. The average Bonchev–Trinajstić information content (AvgIpc) is 2.67. The Hall–Kier alpha value is -1.44. The minimum absolute atomic E-state index is 0.397. The van der Waals surface area contributed by atoms with Gasteiger partial charge in [-0.3, -0.25) is 4.79 Å². The van der Waals surface area contributed by atoms with Gasteiger partial charge in [-0.25, -0.2) is 9.97 Å². The molecule has 0 fully saturated rings. The minimum Gasteiger partial charge on any atom is -0.378 e. The number of aliphatic hydroxyl groups is 1. The number of nitrogens with zero attached hydrogens (tertiary/aromatic N) is 2. The molecule has 1 aromatic carbocycles. The van der Waals surface area contributed by atoms with Gasteiger partial charge < -0.3 is 10.4 Å². The van der Waals surface area contributed by atoms with Gasteiger partial charge in [-0.05, 0) is 34.1 Å². The van der Waals surface area contributed by atoms with E-state index < -0.39 is 12.0 Å². The van der Waals surface area contributed by atoms with Crippen molar-refractivity contribution in [3.8, 4) is 0 Å². The van der Waals surface area contributed by atoms with E-state index in [2.05, 4.69) is 31.2 Å². The first-order valence-electron chi connectivity index (χ1n) is 5.41. The third-order valence-corrected chi connectivity index (χ3v) is 4.60. The van der Waals surface area contributed by atoms with Gasteiger partial charge in [0, 0.05) is 26.8 Å². The summed E-state index contributed by atoms with van der Waals surface area (Å²) in [4.78, 5) is 20.3. The minimum atomic E-state index is -1.09. The van der Waals surface area contributed by atoms with Gasteiger partial charge >= 0.3 is 0 Å². The van der Waals surface area contributed by atoms with Crippen molar-refractivity contribution < 1.29 is 9.90 Å². The van der Waals surface area contributed by atoms with Crippen LogP contribution >= 0.6 is 27.7 Å². The van der Waals surface area contributed by atoms with E-state index in [0.717, 1.165) is 14.4 Å². The molecule has 19 heavy (non-hydrogen) atoms. The van der Waals surface area contributed by atoms with Crippen molar-refractivity contribution in [2.45, 2.75) is 16.0 Å². The molecule has 0 spiro atoms. The number of fused-ring (bicyclic) bond motifs is 1. The number of carbonyl (C=O) groups excluding carboxylic acids is 1. The normalized spacial score (nSPS) is 17.2. The number of benzene rings is 1. The molecule has 3 rings (SSSR count). The van der Waals surface area contributed by atoms with Crippen molar-refractivity contribution in [3.05, 3.63) is 40.8 Å². The first-order valence-corrected chi connectivity index (χ1v) is 7.02. The molecule has 0 aliphatic carbocycles. The topological polar surface area (TPSA) is 75.1 Å². The summed E-state index contributed by atoms with van der Waals surface area (Å²) in [7, 11) is 0. The number of hydrogen-bond donors (Lipinski definition) is 2. The molecule has 7 heteroatoms. The van der Waals surface area contributed by atoms with E-state index >= 15 is 0 Å². The summed E-state index contributed by atoms with van der Waals surface area (Å²) < 4.78 is 0.811. The molecule has 1 aliphatic rings. The first kappa shape index (κ1) is 12.6. The molecule has 2 N–H and O–H groups in total. The van der Waals surface area contributed by atoms with Crippen LogP contribution in [0.15, 0.2) is 45.1 Å². The summed E-state index contributed by atoms with van der Waals surface area (Å²) >= 11 is 4.89. The highest BCUT2D eigenvalue weighted by atomic mass is 79.9. The van der Waals surface area contributed by atoms with Crippen LogP contribution in [0.5, 0.6) is 0 Å². The van der Waals surface area contributed by atoms with E-state index in [1.807, 2.05) is 6.07 Å². The molecule has 1 unspecified atom stereocenters. The predicted molar refractivity (Wildman–Crippen MR) is 73.9 cm³/mol. The number of aliphatic hydroxyl groups excluding tert-OH is 1. The van der Waals surface area contributed by atoms with E-state index in [0.29, 0.717) is 11.3 Å². The Labute approximate surface area is 121 Å². The molecule has 0 radical (unpaired) electrons. The second-order valence-electron chi connectivity index (χ2n) is 3.91. The SMILES string of the molecule is O=C1Nc2cc(Sc3ccncn3)c(Br)cc2C1O. The average molecular weight is 338 g/mol. The Morgan fingerprint density at radius 2 is 2.26 bits per heavy atom. The van der Waals surface area contributed by atoms with Gasteiger partial charge in [0.05, 0.1) is 0 Å². The molecule has 2 heterocycles. The molecule has 96 valence electrons. The fourth-order valence-corrected chi connectivity index (χ4v) is 3.17. The van der Waals surface area contributed by atoms with Crippen LogP contribution < -0.4 is 5.32 Å². The number of hydrogen-bond acceptors (Lipinski definition) is 5. The summed E-state index contributed by atoms with van der Waals surface area (Å²) in [6, 6.07) is 5.37. The van der Waals surface area contributed by atoms with E-state index in [1.165, 1.54) is 18.1 Å². The summed E-state index contributed by atoms with van der Waals surface area (Å²) in [6.45, 7) is 0. The maximum atomic E-state index is 11.4. The quantitative estimate of drug-likeness (QED) is 0.823. The maximum absolute atomic E-state index is 11.4. The molecule has 1 aromatic heterocycles. The van der Waals surface area contributed by atoms with Gasteiger partial charge in [0.2, 0.25) is 0 Å². The molecule has 5 nitrogen and oxygen atoms in total. The van der Waals surface area contributed by atoms with Gasteiger partial charge in [0.25, 0.3) is 5.91 Å². The number of carbonyl (C=O) groups is 1. The first-order chi connectivity index (χ1) is 9.15. The Balaban J connectivity index is 1.97. The maximum Gasteiger partial charge on any atom is 0.257 e. The highest BCUT2D eigenvalue weighted by molar-refractivity contribution is 9.10. The van der Waals surface area contributed by atoms with E-state index in [9.17, 15) is 9.90 Å². The number of halogens is 1. The van der Waals surface area contributed by atoms with Crippen LogP contribution in [0.2, 0.25) is 0 Å². The van der Waals surface area contributed by atoms with Crippen molar-refractivity contribution in [1.29, 1.82) is 0 Å². The summed E-state index contributed by atoms with van der Waals surface area (Å²) in [6.07, 6.45) is 2.06. The molecule has 0 saturated heterocycles. The standard InChI is InChI=1S/C12H8BrN3O2S/c13-7-3-6-8(16-12(18)11(6)17)4-9(7)19-10-1-2-14-5-15-10/h1-5,11,17H,(H,16,18). The Morgan fingerprint density at radius 1 is 1.42 bits per heavy atom. The lowest BCUT2D eigenvalue weighted by molar-refractivity contribution is -0.123. The van der Waals surface area contributed by atoms with Gasteiger partial charge in [-0.2, -0.15) is 0 Å². The van der Waals surface area contributed by atoms with Crippen LogP contribution in [0.3, 0.4) is 0 Å². The van der Waals surface area contributed by atoms with Crippen LogP contribution in [0.4, 0.5) is 5.69 Å². The van der Waals surface area contributed by atoms with Gasteiger partial charge in [0.1, 0.15) is 11.4 Å². The van der Waals surface area contributed by atoms with E-state index in [-0.39, 0.29) is 0 Å². The highest BCUT2D eigenvalue weighted by Gasteiger charge is 2.29. The molecular weight excluding hydrogens is 330 g/mol. The van der Waals surface area contributed by atoms with Crippen LogP contribution in [-0.4, -0.2) is 21.0 Å². The highest BCUT2D eigenvalue weighted by Crippen LogP contribution is 2.40. The van der Waals surface area contributed by atoms with E-state index in [4.69, 9.17) is 0 Å². The molecular formula is C12H8BrN3O2S. The molecule has 1 amide bonds. The lowest BCUT2D eigenvalue weighted by Gasteiger charge is -2.07. The van der Waals surface area contributed by atoms with Crippen LogP contribution in [0, 0.1) is 0 Å². The zero-order valence-electron chi connectivity index (χ0n) is 9.50. The van der Waals surface area contributed by atoms with Crippen LogP contribution in [0.1, 0.15) is 11.7 Å². The number of amides is 1. The third kappa shape index (κ3) is 2.36. The largest absolute Gasteiger partial charge is 0.378 e. The summed E-state index contributed by atoms with van der Waals surface area (Å²) in [5.41, 5.74) is 1.22. The van der Waals surface area contributed by atoms with Gasteiger partial charge in [0.15, 0.2) is 6.10 Å². The van der Waals surface area contributed by atoms with Crippen molar-refractivity contribution in [2.24, 2.45) is 0 Å². The fraction of sp³-hybridized carbons (Fsp3) is 0.0833. The van der Waals surface area contributed by atoms with E-state index in [1.54, 1.807) is 18.3 Å². The number of aromatic nitrogens is 2. The third-order valence-electron chi connectivity index (χ3n) is 2.67. The van der Waals surface area contributed by atoms with Gasteiger partial charge in [-0.15, -0.1) is 0 Å². The Kier molecular flexibility index (Phi) is 3.26. The zero-order valence-corrected chi connectivity index (χ0v) is 11.9. The van der Waals surface area contributed by atoms with Crippen LogP contribution in [-0.2, 0) is 4.79 Å². The Morgan fingerprint density at radius 3 is 3.00 bits per heavy atom. The van der Waals surface area contributed by atoms with Gasteiger partial charge in [-0.1, -0.05) is 11.8 Å². The number of rotatable bonds is 2. The monoisotopic (exact) mass is 337 g/mol. The lowest BCUT2D eigenvalue weighted by Crippen LogP contribution is -2.10. The molecule has 0 saturated carbocycles. The van der Waals surface area contributed by atoms with Crippen molar-refractivity contribution in [1.82, 2.24) is 9.97 Å². The number of anilines is 1. The lowest BCUT2D eigenvalue weighted by atomic mass is 10.1. The second kappa shape index (κ2) is 4.92. The fourth-order valence-electron chi connectivity index (χ4n) is 1.78. The molecule has 2 aromatic rings.